The lowest BCUT2D eigenvalue weighted by Gasteiger charge is -2.33. The minimum atomic E-state index is 0.608. The van der Waals surface area contributed by atoms with Crippen molar-refractivity contribution in [2.24, 2.45) is 5.92 Å². The van der Waals surface area contributed by atoms with Gasteiger partial charge in [0.05, 0.1) is 6.61 Å². The molecule has 1 aliphatic heterocycles. The average Bonchev–Trinajstić information content (AvgIpc) is 2.48. The maximum absolute atomic E-state index is 5.30. The summed E-state index contributed by atoms with van der Waals surface area (Å²) < 4.78 is 5.30. The Kier molecular flexibility index (Phi) is 5.59. The van der Waals surface area contributed by atoms with Gasteiger partial charge < -0.3 is 15.0 Å². The fourth-order valence-corrected chi connectivity index (χ4v) is 2.72. The number of hydrogen-bond donors (Lipinski definition) is 1. The molecule has 5 heteroatoms. The van der Waals surface area contributed by atoms with Crippen molar-refractivity contribution in [1.82, 2.24) is 9.97 Å². The molecule has 0 aliphatic carbocycles. The summed E-state index contributed by atoms with van der Waals surface area (Å²) in [7, 11) is 1.78. The Balaban J connectivity index is 2.15. The number of methoxy groups -OCH3 is 1. The Labute approximate surface area is 121 Å². The molecule has 5 nitrogen and oxygen atoms in total. The van der Waals surface area contributed by atoms with Crippen LogP contribution < -0.4 is 10.2 Å². The molecule has 112 valence electrons. The van der Waals surface area contributed by atoms with Crippen molar-refractivity contribution in [3.05, 3.63) is 11.9 Å². The van der Waals surface area contributed by atoms with Crippen LogP contribution in [0.1, 0.15) is 32.5 Å². The Morgan fingerprint density at radius 2 is 2.25 bits per heavy atom. The first-order chi connectivity index (χ1) is 9.76. The second kappa shape index (κ2) is 7.43. The van der Waals surface area contributed by atoms with E-state index in [4.69, 9.17) is 4.74 Å². The van der Waals surface area contributed by atoms with Gasteiger partial charge in [-0.1, -0.05) is 6.92 Å². The minimum absolute atomic E-state index is 0.608. The number of nitrogens with one attached hydrogen (secondary N) is 1. The zero-order valence-corrected chi connectivity index (χ0v) is 12.9. The first-order valence-corrected chi connectivity index (χ1v) is 7.62. The van der Waals surface area contributed by atoms with Crippen LogP contribution in [-0.2, 0) is 11.2 Å². The summed E-state index contributed by atoms with van der Waals surface area (Å²) >= 11 is 0. The molecule has 1 aliphatic rings. The van der Waals surface area contributed by atoms with Gasteiger partial charge in [0.1, 0.15) is 17.5 Å². The van der Waals surface area contributed by atoms with Gasteiger partial charge in [0.15, 0.2) is 0 Å². The van der Waals surface area contributed by atoms with Crippen molar-refractivity contribution in [2.45, 2.75) is 33.1 Å². The fourth-order valence-electron chi connectivity index (χ4n) is 2.72. The topological polar surface area (TPSA) is 50.3 Å². The monoisotopic (exact) mass is 278 g/mol. The smallest absolute Gasteiger partial charge is 0.134 e. The second-order valence-electron chi connectivity index (χ2n) is 5.32. The molecule has 0 radical (unpaired) electrons. The molecule has 1 unspecified atom stereocenters. The predicted octanol–water partition coefficient (Wildman–Crippen LogP) is 2.33. The van der Waals surface area contributed by atoms with Crippen LogP contribution in [0.2, 0.25) is 0 Å². The van der Waals surface area contributed by atoms with Crippen LogP contribution in [-0.4, -0.2) is 43.3 Å². The Morgan fingerprint density at radius 3 is 2.95 bits per heavy atom. The van der Waals surface area contributed by atoms with Crippen LogP contribution in [0.25, 0.3) is 0 Å². The van der Waals surface area contributed by atoms with Gasteiger partial charge in [-0.15, -0.1) is 0 Å². The molecular formula is C15H26N4O. The molecule has 20 heavy (non-hydrogen) atoms. The van der Waals surface area contributed by atoms with E-state index in [9.17, 15) is 0 Å². The van der Waals surface area contributed by atoms with Gasteiger partial charge in [-0.05, 0) is 25.7 Å². The number of aryl methyl sites for hydroxylation is 1. The Morgan fingerprint density at radius 1 is 1.40 bits per heavy atom. The van der Waals surface area contributed by atoms with Crippen LogP contribution in [0.15, 0.2) is 6.07 Å². The first kappa shape index (κ1) is 15.0. The largest absolute Gasteiger partial charge is 0.384 e. The molecule has 1 saturated heterocycles. The molecule has 0 aromatic carbocycles. The van der Waals surface area contributed by atoms with Gasteiger partial charge in [0, 0.05) is 39.2 Å². The van der Waals surface area contributed by atoms with Crippen molar-refractivity contribution < 1.29 is 4.74 Å². The van der Waals surface area contributed by atoms with Crippen LogP contribution in [0, 0.1) is 5.92 Å². The summed E-state index contributed by atoms with van der Waals surface area (Å²) in [5.41, 5.74) is 0. The third kappa shape index (κ3) is 3.82. The quantitative estimate of drug-likeness (QED) is 0.865. The van der Waals surface area contributed by atoms with Gasteiger partial charge in [-0.3, -0.25) is 0 Å². The van der Waals surface area contributed by atoms with Gasteiger partial charge in [0.2, 0.25) is 0 Å². The maximum atomic E-state index is 5.30. The summed E-state index contributed by atoms with van der Waals surface area (Å²) in [6.07, 6.45) is 3.31. The molecule has 2 rings (SSSR count). The fraction of sp³-hybridized carbons (Fsp3) is 0.733. The molecule has 1 atom stereocenters. The molecule has 1 aromatic rings. The number of ether oxygens (including phenoxy) is 1. The van der Waals surface area contributed by atoms with Crippen molar-refractivity contribution in [3.8, 4) is 0 Å². The Bertz CT molecular complexity index is 422. The summed E-state index contributed by atoms with van der Waals surface area (Å²) in [5, 5.41) is 3.30. The number of piperidine rings is 1. The highest BCUT2D eigenvalue weighted by atomic mass is 16.5. The van der Waals surface area contributed by atoms with E-state index >= 15 is 0 Å². The van der Waals surface area contributed by atoms with Crippen molar-refractivity contribution in [2.75, 3.05) is 43.6 Å². The third-order valence-electron chi connectivity index (χ3n) is 3.68. The summed E-state index contributed by atoms with van der Waals surface area (Å²) in [6, 6.07) is 2.07. The minimum Gasteiger partial charge on any atom is -0.384 e. The highest BCUT2D eigenvalue weighted by Crippen LogP contribution is 2.23. The molecule has 1 N–H and O–H groups in total. The van der Waals surface area contributed by atoms with Crippen LogP contribution in [0.5, 0.6) is 0 Å². The van der Waals surface area contributed by atoms with Gasteiger partial charge in [-0.25, -0.2) is 9.97 Å². The molecule has 0 saturated carbocycles. The van der Waals surface area contributed by atoms with Crippen molar-refractivity contribution in [3.63, 3.8) is 0 Å². The van der Waals surface area contributed by atoms with E-state index in [1.54, 1.807) is 7.11 Å². The normalized spacial score (nSPS) is 19.1. The standard InChI is InChI=1S/C15H26N4O/c1-4-13-17-14(16-5-2)9-15(18-13)19-8-6-7-12(10-19)11-20-3/h9,12H,4-8,10-11H2,1-3H3,(H,16,17,18). The maximum Gasteiger partial charge on any atom is 0.134 e. The summed E-state index contributed by atoms with van der Waals surface area (Å²) in [6.45, 7) is 8.00. The predicted molar refractivity (Wildman–Crippen MR) is 82.4 cm³/mol. The highest BCUT2D eigenvalue weighted by molar-refractivity contribution is 5.49. The van der Waals surface area contributed by atoms with E-state index in [0.717, 1.165) is 50.1 Å². The van der Waals surface area contributed by atoms with Crippen molar-refractivity contribution >= 4 is 11.6 Å². The molecular weight excluding hydrogens is 252 g/mol. The number of anilines is 2. The van der Waals surface area contributed by atoms with Gasteiger partial charge in [-0.2, -0.15) is 0 Å². The van der Waals surface area contributed by atoms with E-state index in [0.29, 0.717) is 5.92 Å². The second-order valence-corrected chi connectivity index (χ2v) is 5.32. The average molecular weight is 278 g/mol. The lowest BCUT2D eigenvalue weighted by Crippen LogP contribution is -2.37. The first-order valence-electron chi connectivity index (χ1n) is 7.62. The number of aromatic nitrogens is 2. The van der Waals surface area contributed by atoms with Crippen LogP contribution in [0.4, 0.5) is 11.6 Å². The van der Waals surface area contributed by atoms with Gasteiger partial charge in [0.25, 0.3) is 0 Å². The lowest BCUT2D eigenvalue weighted by molar-refractivity contribution is 0.143. The molecule has 0 amide bonds. The highest BCUT2D eigenvalue weighted by Gasteiger charge is 2.21. The number of hydrogen-bond acceptors (Lipinski definition) is 5. The van der Waals surface area contributed by atoms with E-state index < -0.39 is 0 Å². The van der Waals surface area contributed by atoms with E-state index in [2.05, 4.69) is 40.1 Å². The molecule has 0 bridgehead atoms. The molecule has 2 heterocycles. The van der Waals surface area contributed by atoms with Crippen molar-refractivity contribution in [1.29, 1.82) is 0 Å². The Hall–Kier alpha value is -1.36. The van der Waals surface area contributed by atoms with Crippen LogP contribution >= 0.6 is 0 Å². The van der Waals surface area contributed by atoms with E-state index in [1.807, 2.05) is 0 Å². The van der Waals surface area contributed by atoms with Crippen LogP contribution in [0.3, 0.4) is 0 Å². The SMILES string of the molecule is CCNc1cc(N2CCCC(COC)C2)nc(CC)n1. The molecule has 1 aromatic heterocycles. The number of rotatable bonds is 6. The number of nitrogens with zero attached hydrogens (tertiary/aromatic N) is 3. The molecule has 0 spiro atoms. The third-order valence-corrected chi connectivity index (χ3v) is 3.68. The van der Waals surface area contributed by atoms with E-state index in [-0.39, 0.29) is 0 Å². The summed E-state index contributed by atoms with van der Waals surface area (Å²) in [5.74, 6) is 3.50. The molecule has 1 fully saturated rings. The van der Waals surface area contributed by atoms with E-state index in [1.165, 1.54) is 12.8 Å². The lowest BCUT2D eigenvalue weighted by atomic mass is 9.99. The van der Waals surface area contributed by atoms with Gasteiger partial charge >= 0.3 is 0 Å². The zero-order chi connectivity index (χ0) is 14.4. The summed E-state index contributed by atoms with van der Waals surface area (Å²) in [4.78, 5) is 11.6. The zero-order valence-electron chi connectivity index (χ0n) is 12.9.